The van der Waals surface area contributed by atoms with Crippen molar-refractivity contribution in [3.8, 4) is 0 Å². The SMILES string of the molecule is CC(=N[S+]([O-])C(C)(C)C)c1cccc(C)n1. The molecule has 1 aromatic heterocycles. The van der Waals surface area contributed by atoms with Crippen molar-refractivity contribution in [3.63, 3.8) is 0 Å². The zero-order valence-electron chi connectivity index (χ0n) is 10.4. The predicted molar refractivity (Wildman–Crippen MR) is 69.1 cm³/mol. The smallest absolute Gasteiger partial charge is 0.144 e. The van der Waals surface area contributed by atoms with E-state index in [-0.39, 0.29) is 4.75 Å². The molecular formula is C12H18N2OS. The molecule has 0 spiro atoms. The molecule has 4 heteroatoms. The molecule has 1 atom stereocenters. The lowest BCUT2D eigenvalue weighted by Gasteiger charge is -2.18. The monoisotopic (exact) mass is 238 g/mol. The average Bonchev–Trinajstić information content (AvgIpc) is 2.16. The lowest BCUT2D eigenvalue weighted by Crippen LogP contribution is -2.26. The fraction of sp³-hybridized carbons (Fsp3) is 0.500. The van der Waals surface area contributed by atoms with Crippen LogP contribution in [0.3, 0.4) is 0 Å². The van der Waals surface area contributed by atoms with E-state index in [4.69, 9.17) is 0 Å². The summed E-state index contributed by atoms with van der Waals surface area (Å²) >= 11 is -1.23. The molecule has 0 aliphatic heterocycles. The van der Waals surface area contributed by atoms with E-state index in [1.165, 1.54) is 0 Å². The second-order valence-electron chi connectivity index (χ2n) is 4.70. The van der Waals surface area contributed by atoms with Crippen LogP contribution in [0, 0.1) is 6.92 Å². The number of nitrogens with zero attached hydrogens (tertiary/aromatic N) is 2. The van der Waals surface area contributed by atoms with Gasteiger partial charge in [-0.3, -0.25) is 4.98 Å². The molecule has 1 unspecified atom stereocenters. The van der Waals surface area contributed by atoms with E-state index < -0.39 is 11.4 Å². The van der Waals surface area contributed by atoms with Crippen molar-refractivity contribution in [1.29, 1.82) is 0 Å². The molecule has 3 nitrogen and oxygen atoms in total. The molecule has 0 bridgehead atoms. The first-order valence-corrected chi connectivity index (χ1v) is 6.32. The third kappa shape index (κ3) is 3.61. The molecule has 1 aromatic rings. The normalized spacial score (nSPS) is 15.0. The van der Waals surface area contributed by atoms with Gasteiger partial charge in [-0.05, 0) is 46.8 Å². The number of hydrogen-bond donors (Lipinski definition) is 0. The van der Waals surface area contributed by atoms with E-state index in [0.717, 1.165) is 17.1 Å². The van der Waals surface area contributed by atoms with Gasteiger partial charge in [-0.25, -0.2) is 0 Å². The van der Waals surface area contributed by atoms with Gasteiger partial charge < -0.3 is 4.55 Å². The molecule has 1 heterocycles. The Morgan fingerprint density at radius 1 is 1.38 bits per heavy atom. The van der Waals surface area contributed by atoms with E-state index in [9.17, 15) is 4.55 Å². The minimum atomic E-state index is -1.23. The highest BCUT2D eigenvalue weighted by Gasteiger charge is 2.26. The maximum absolute atomic E-state index is 11.8. The molecule has 88 valence electrons. The summed E-state index contributed by atoms with van der Waals surface area (Å²) in [4.78, 5) is 4.34. The first kappa shape index (κ1) is 13.2. The van der Waals surface area contributed by atoms with Gasteiger partial charge in [0, 0.05) is 5.69 Å². The van der Waals surface area contributed by atoms with Gasteiger partial charge in [0.05, 0.1) is 5.69 Å². The van der Waals surface area contributed by atoms with E-state index in [1.54, 1.807) is 0 Å². The maximum Gasteiger partial charge on any atom is 0.144 e. The number of pyridine rings is 1. The second kappa shape index (κ2) is 4.97. The first-order valence-electron chi connectivity index (χ1n) is 5.22. The fourth-order valence-corrected chi connectivity index (χ4v) is 1.67. The number of hydrogen-bond acceptors (Lipinski definition) is 3. The minimum Gasteiger partial charge on any atom is -0.591 e. The van der Waals surface area contributed by atoms with Gasteiger partial charge in [-0.2, -0.15) is 0 Å². The molecule has 16 heavy (non-hydrogen) atoms. The van der Waals surface area contributed by atoms with Crippen LogP contribution in [0.15, 0.2) is 22.6 Å². The van der Waals surface area contributed by atoms with Crippen LogP contribution in [0.4, 0.5) is 0 Å². The number of aryl methyl sites for hydroxylation is 1. The van der Waals surface area contributed by atoms with E-state index in [2.05, 4.69) is 9.38 Å². The summed E-state index contributed by atoms with van der Waals surface area (Å²) < 4.78 is 15.7. The third-order valence-electron chi connectivity index (χ3n) is 2.00. The van der Waals surface area contributed by atoms with Gasteiger partial charge in [0.15, 0.2) is 0 Å². The van der Waals surface area contributed by atoms with Crippen LogP contribution in [-0.4, -0.2) is 20.0 Å². The number of aromatic nitrogens is 1. The van der Waals surface area contributed by atoms with Gasteiger partial charge in [0.2, 0.25) is 0 Å². The Kier molecular flexibility index (Phi) is 4.10. The molecule has 0 amide bonds. The molecule has 0 radical (unpaired) electrons. The van der Waals surface area contributed by atoms with Crippen molar-refractivity contribution in [2.45, 2.75) is 39.4 Å². The molecule has 0 N–H and O–H groups in total. The van der Waals surface area contributed by atoms with E-state index in [0.29, 0.717) is 0 Å². The van der Waals surface area contributed by atoms with Crippen molar-refractivity contribution in [2.24, 2.45) is 4.40 Å². The molecular weight excluding hydrogens is 220 g/mol. The predicted octanol–water partition coefficient (Wildman–Crippen LogP) is 2.66. The summed E-state index contributed by atoms with van der Waals surface area (Å²) in [6.07, 6.45) is 0. The third-order valence-corrected chi connectivity index (χ3v) is 3.49. The highest BCUT2D eigenvalue weighted by molar-refractivity contribution is 7.91. The molecule has 0 fully saturated rings. The lowest BCUT2D eigenvalue weighted by atomic mass is 10.2. The van der Waals surface area contributed by atoms with Crippen molar-refractivity contribution >= 4 is 17.1 Å². The average molecular weight is 238 g/mol. The van der Waals surface area contributed by atoms with Crippen LogP contribution in [-0.2, 0) is 11.4 Å². The summed E-state index contributed by atoms with van der Waals surface area (Å²) in [5.41, 5.74) is 2.45. The summed E-state index contributed by atoms with van der Waals surface area (Å²) in [6, 6.07) is 5.74. The van der Waals surface area contributed by atoms with Gasteiger partial charge >= 0.3 is 0 Å². The molecule has 1 rings (SSSR count). The van der Waals surface area contributed by atoms with Crippen molar-refractivity contribution < 1.29 is 4.55 Å². The maximum atomic E-state index is 11.8. The van der Waals surface area contributed by atoms with Gasteiger partial charge in [0.25, 0.3) is 0 Å². The van der Waals surface area contributed by atoms with Crippen LogP contribution in [0.25, 0.3) is 0 Å². The Bertz CT molecular complexity index is 396. The zero-order chi connectivity index (χ0) is 12.3. The summed E-state index contributed by atoms with van der Waals surface area (Å²) in [6.45, 7) is 9.49. The molecule has 0 aliphatic carbocycles. The Hall–Kier alpha value is -0.870. The highest BCUT2D eigenvalue weighted by atomic mass is 32.2. The van der Waals surface area contributed by atoms with Gasteiger partial charge in [-0.15, -0.1) is 0 Å². The van der Waals surface area contributed by atoms with Crippen LogP contribution < -0.4 is 0 Å². The first-order chi connectivity index (χ1) is 7.30. The molecule has 0 saturated heterocycles. The standard InChI is InChI=1S/C12H18N2OS/c1-9-7-6-8-11(13-9)10(2)14-16(15)12(3,4)5/h6-8H,1-5H3. The minimum absolute atomic E-state index is 0.328. The van der Waals surface area contributed by atoms with Crippen molar-refractivity contribution in [3.05, 3.63) is 29.6 Å². The van der Waals surface area contributed by atoms with Crippen LogP contribution in [0.1, 0.15) is 39.1 Å². The Morgan fingerprint density at radius 2 is 2.00 bits per heavy atom. The molecule has 0 aliphatic rings. The van der Waals surface area contributed by atoms with E-state index in [1.807, 2.05) is 52.8 Å². The lowest BCUT2D eigenvalue weighted by molar-refractivity contribution is 0.561. The van der Waals surface area contributed by atoms with Crippen molar-refractivity contribution in [2.75, 3.05) is 0 Å². The summed E-state index contributed by atoms with van der Waals surface area (Å²) in [7, 11) is 0. The largest absolute Gasteiger partial charge is 0.591 e. The quantitative estimate of drug-likeness (QED) is 0.587. The van der Waals surface area contributed by atoms with Crippen LogP contribution in [0.2, 0.25) is 0 Å². The van der Waals surface area contributed by atoms with Gasteiger partial charge in [0.1, 0.15) is 21.8 Å². The molecule has 0 aromatic carbocycles. The van der Waals surface area contributed by atoms with Crippen molar-refractivity contribution in [1.82, 2.24) is 4.98 Å². The van der Waals surface area contributed by atoms with E-state index >= 15 is 0 Å². The molecule has 0 saturated carbocycles. The fourth-order valence-electron chi connectivity index (χ4n) is 1.05. The zero-order valence-corrected chi connectivity index (χ0v) is 11.3. The summed E-state index contributed by atoms with van der Waals surface area (Å²) in [5, 5.41) is 0. The second-order valence-corrected chi connectivity index (χ2v) is 6.61. The van der Waals surface area contributed by atoms with Crippen LogP contribution in [0.5, 0.6) is 0 Å². The number of rotatable bonds is 2. The highest BCUT2D eigenvalue weighted by Crippen LogP contribution is 2.18. The Balaban J connectivity index is 2.94. The Labute approximate surface area is 100 Å². The van der Waals surface area contributed by atoms with Crippen LogP contribution >= 0.6 is 0 Å². The van der Waals surface area contributed by atoms with Gasteiger partial charge in [-0.1, -0.05) is 10.5 Å². The summed E-state index contributed by atoms with van der Waals surface area (Å²) in [5.74, 6) is 0. The topological polar surface area (TPSA) is 48.3 Å². The Morgan fingerprint density at radius 3 is 2.50 bits per heavy atom.